The van der Waals surface area contributed by atoms with Crippen LogP contribution in [-0.2, 0) is 6.61 Å². The van der Waals surface area contributed by atoms with Crippen LogP contribution < -0.4 is 9.47 Å². The Balaban J connectivity index is 1.41. The van der Waals surface area contributed by atoms with Crippen molar-refractivity contribution in [3.63, 3.8) is 0 Å². The van der Waals surface area contributed by atoms with Gasteiger partial charge in [0.05, 0.1) is 6.67 Å². The van der Waals surface area contributed by atoms with Crippen molar-refractivity contribution < 1.29 is 13.9 Å². The van der Waals surface area contributed by atoms with Gasteiger partial charge in [0, 0.05) is 25.0 Å². The molecule has 0 spiro atoms. The predicted molar refractivity (Wildman–Crippen MR) is 97.8 cm³/mol. The fourth-order valence-corrected chi connectivity index (χ4v) is 2.92. The zero-order valence-corrected chi connectivity index (χ0v) is 15.0. The molecule has 1 heterocycles. The summed E-state index contributed by atoms with van der Waals surface area (Å²) in [5.74, 6) is 1.68. The van der Waals surface area contributed by atoms with E-state index in [4.69, 9.17) is 9.47 Å². The molecular weight excluding hydrogens is 317 g/mol. The van der Waals surface area contributed by atoms with E-state index in [1.165, 1.54) is 0 Å². The van der Waals surface area contributed by atoms with Crippen LogP contribution in [0.4, 0.5) is 4.39 Å². The summed E-state index contributed by atoms with van der Waals surface area (Å²) in [6, 6.07) is 17.8. The number of likely N-dealkylation sites (tertiary alicyclic amines) is 1. The summed E-state index contributed by atoms with van der Waals surface area (Å²) in [5, 5.41) is 0. The molecule has 1 aliphatic heterocycles. The van der Waals surface area contributed by atoms with Crippen LogP contribution in [-0.4, -0.2) is 37.3 Å². The molecule has 0 radical (unpaired) electrons. The highest BCUT2D eigenvalue weighted by Gasteiger charge is 2.32. The van der Waals surface area contributed by atoms with Crippen molar-refractivity contribution in [3.05, 3.63) is 60.2 Å². The van der Waals surface area contributed by atoms with Crippen LogP contribution in [0.15, 0.2) is 54.6 Å². The first-order valence-corrected chi connectivity index (χ1v) is 8.76. The van der Waals surface area contributed by atoms with Crippen LogP contribution in [0.25, 0.3) is 0 Å². The maximum absolute atomic E-state index is 12.9. The van der Waals surface area contributed by atoms with Crippen LogP contribution in [0, 0.1) is 5.41 Å². The molecule has 0 bridgehead atoms. The zero-order chi connectivity index (χ0) is 17.7. The summed E-state index contributed by atoms with van der Waals surface area (Å²) in [7, 11) is 0. The Labute approximate surface area is 149 Å². The fraction of sp³-hybridized carbons (Fsp3) is 0.429. The lowest BCUT2D eigenvalue weighted by molar-refractivity contribution is -0.00597. The summed E-state index contributed by atoms with van der Waals surface area (Å²) >= 11 is 0. The molecule has 0 N–H and O–H groups in total. The lowest BCUT2D eigenvalue weighted by Crippen LogP contribution is -2.56. The second-order valence-electron chi connectivity index (χ2n) is 7.48. The smallest absolute Gasteiger partial charge is 0.124 e. The third-order valence-electron chi connectivity index (χ3n) is 4.31. The SMILES string of the molecule is CC(C)(CF)CN1CC(Oc2ccc(OCc3ccccc3)cc2)C1. The van der Waals surface area contributed by atoms with Gasteiger partial charge in [-0.1, -0.05) is 44.2 Å². The largest absolute Gasteiger partial charge is 0.489 e. The minimum Gasteiger partial charge on any atom is -0.489 e. The van der Waals surface area contributed by atoms with Gasteiger partial charge in [-0.3, -0.25) is 9.29 Å². The lowest BCUT2D eigenvalue weighted by atomic mass is 9.93. The van der Waals surface area contributed by atoms with Crippen molar-refractivity contribution in [2.45, 2.75) is 26.6 Å². The third-order valence-corrected chi connectivity index (χ3v) is 4.31. The highest BCUT2D eigenvalue weighted by Crippen LogP contribution is 2.25. The van der Waals surface area contributed by atoms with E-state index in [1.807, 2.05) is 68.4 Å². The van der Waals surface area contributed by atoms with Gasteiger partial charge in [-0.05, 0) is 29.8 Å². The number of nitrogens with zero attached hydrogens (tertiary/aromatic N) is 1. The predicted octanol–water partition coefficient (Wildman–Crippen LogP) is 4.32. The van der Waals surface area contributed by atoms with Crippen LogP contribution in [0.3, 0.4) is 0 Å². The average molecular weight is 343 g/mol. The molecule has 0 aliphatic carbocycles. The highest BCUT2D eigenvalue weighted by molar-refractivity contribution is 5.32. The monoisotopic (exact) mass is 343 g/mol. The Morgan fingerprint density at radius 2 is 1.64 bits per heavy atom. The number of ether oxygens (including phenoxy) is 2. The van der Waals surface area contributed by atoms with E-state index >= 15 is 0 Å². The van der Waals surface area contributed by atoms with E-state index in [2.05, 4.69) is 4.90 Å². The zero-order valence-electron chi connectivity index (χ0n) is 15.0. The van der Waals surface area contributed by atoms with Gasteiger partial charge in [0.25, 0.3) is 0 Å². The van der Waals surface area contributed by atoms with Gasteiger partial charge in [-0.25, -0.2) is 0 Å². The molecule has 3 nitrogen and oxygen atoms in total. The Morgan fingerprint density at radius 3 is 2.28 bits per heavy atom. The van der Waals surface area contributed by atoms with Gasteiger partial charge in [-0.15, -0.1) is 0 Å². The molecule has 4 heteroatoms. The van der Waals surface area contributed by atoms with Gasteiger partial charge in [0.2, 0.25) is 0 Å². The molecule has 0 saturated carbocycles. The molecule has 2 aromatic carbocycles. The van der Waals surface area contributed by atoms with E-state index in [1.54, 1.807) is 0 Å². The molecule has 0 aromatic heterocycles. The molecule has 0 atom stereocenters. The van der Waals surface area contributed by atoms with Crippen molar-refractivity contribution in [1.29, 1.82) is 0 Å². The molecule has 1 aliphatic rings. The minimum absolute atomic E-state index is 0.187. The van der Waals surface area contributed by atoms with Crippen molar-refractivity contribution in [3.8, 4) is 11.5 Å². The molecule has 1 saturated heterocycles. The Hall–Kier alpha value is -2.07. The first-order valence-electron chi connectivity index (χ1n) is 8.76. The first-order chi connectivity index (χ1) is 12.0. The first kappa shape index (κ1) is 17.7. The third kappa shape index (κ3) is 5.20. The van der Waals surface area contributed by atoms with E-state index in [0.29, 0.717) is 6.61 Å². The van der Waals surface area contributed by atoms with Crippen LogP contribution >= 0.6 is 0 Å². The maximum atomic E-state index is 12.9. The minimum atomic E-state index is -0.292. The normalized spacial score (nSPS) is 15.6. The second kappa shape index (κ2) is 7.87. The highest BCUT2D eigenvalue weighted by atomic mass is 19.1. The van der Waals surface area contributed by atoms with Crippen LogP contribution in [0.1, 0.15) is 19.4 Å². The van der Waals surface area contributed by atoms with Crippen molar-refractivity contribution >= 4 is 0 Å². The van der Waals surface area contributed by atoms with Gasteiger partial charge in [0.15, 0.2) is 0 Å². The summed E-state index contributed by atoms with van der Waals surface area (Å²) in [6.45, 7) is 6.66. The van der Waals surface area contributed by atoms with Gasteiger partial charge in [-0.2, -0.15) is 0 Å². The van der Waals surface area contributed by atoms with E-state index in [-0.39, 0.29) is 18.2 Å². The Bertz CT molecular complexity index is 651. The van der Waals surface area contributed by atoms with Crippen LogP contribution in [0.5, 0.6) is 11.5 Å². The lowest BCUT2D eigenvalue weighted by Gasteiger charge is -2.42. The Kier molecular flexibility index (Phi) is 5.59. The summed E-state index contributed by atoms with van der Waals surface area (Å²) in [4.78, 5) is 2.24. The van der Waals surface area contributed by atoms with E-state index < -0.39 is 0 Å². The number of halogens is 1. The summed E-state index contributed by atoms with van der Waals surface area (Å²) < 4.78 is 24.6. The van der Waals surface area contributed by atoms with Gasteiger partial charge < -0.3 is 9.47 Å². The summed E-state index contributed by atoms with van der Waals surface area (Å²) in [6.07, 6.45) is 0.187. The second-order valence-corrected chi connectivity index (χ2v) is 7.48. The summed E-state index contributed by atoms with van der Waals surface area (Å²) in [5.41, 5.74) is 0.872. The molecule has 0 amide bonds. The topological polar surface area (TPSA) is 21.7 Å². The number of alkyl halides is 1. The van der Waals surface area contributed by atoms with Gasteiger partial charge >= 0.3 is 0 Å². The van der Waals surface area contributed by atoms with Crippen LogP contribution in [0.2, 0.25) is 0 Å². The molecule has 2 aromatic rings. The van der Waals surface area contributed by atoms with Crippen molar-refractivity contribution in [1.82, 2.24) is 4.90 Å². The van der Waals surface area contributed by atoms with Crippen molar-refractivity contribution in [2.75, 3.05) is 26.3 Å². The average Bonchev–Trinajstić information content (AvgIpc) is 2.60. The fourth-order valence-electron chi connectivity index (χ4n) is 2.92. The number of rotatable bonds is 8. The number of hydrogen-bond acceptors (Lipinski definition) is 3. The molecule has 25 heavy (non-hydrogen) atoms. The molecule has 3 rings (SSSR count). The Morgan fingerprint density at radius 1 is 1.00 bits per heavy atom. The number of benzene rings is 2. The number of hydrogen-bond donors (Lipinski definition) is 0. The van der Waals surface area contributed by atoms with E-state index in [0.717, 1.165) is 36.7 Å². The quantitative estimate of drug-likeness (QED) is 0.712. The molecular formula is C21H26FNO2. The molecule has 134 valence electrons. The van der Waals surface area contributed by atoms with E-state index in [9.17, 15) is 4.39 Å². The molecule has 0 unspecified atom stereocenters. The standard InChI is InChI=1S/C21H26FNO2/c1-21(2,15-22)16-23-12-20(13-23)25-19-10-8-18(9-11-19)24-14-17-6-4-3-5-7-17/h3-11,20H,12-16H2,1-2H3. The van der Waals surface area contributed by atoms with Gasteiger partial charge in [0.1, 0.15) is 24.2 Å². The molecule has 1 fully saturated rings. The maximum Gasteiger partial charge on any atom is 0.124 e. The van der Waals surface area contributed by atoms with Crippen molar-refractivity contribution in [2.24, 2.45) is 5.41 Å².